The molecule has 0 spiro atoms. The Morgan fingerprint density at radius 2 is 1.75 bits per heavy atom. The standard InChI is InChI=1S/C22H19ClN2O3/c1-15-7-10-18(11-8-15)24-20(14-22(26)16-5-3-2-4-6-16)17-9-12-19(23)21(13-17)25(27)28/h2-13,20,24H,14H2,1H3. The fourth-order valence-electron chi connectivity index (χ4n) is 2.92. The summed E-state index contributed by atoms with van der Waals surface area (Å²) in [5.74, 6) is -0.0529. The van der Waals surface area contributed by atoms with Gasteiger partial charge in [0.15, 0.2) is 5.78 Å². The summed E-state index contributed by atoms with van der Waals surface area (Å²) in [6.45, 7) is 1.99. The molecule has 0 aliphatic heterocycles. The van der Waals surface area contributed by atoms with Crippen LogP contribution in [-0.2, 0) is 0 Å². The van der Waals surface area contributed by atoms with Gasteiger partial charge in [-0.15, -0.1) is 0 Å². The van der Waals surface area contributed by atoms with Gasteiger partial charge in [-0.1, -0.05) is 65.7 Å². The lowest BCUT2D eigenvalue weighted by atomic mass is 9.97. The first-order chi connectivity index (χ1) is 13.4. The van der Waals surface area contributed by atoms with E-state index in [1.54, 1.807) is 18.2 Å². The molecule has 3 aromatic rings. The molecule has 0 amide bonds. The Bertz CT molecular complexity index is 988. The van der Waals surface area contributed by atoms with Gasteiger partial charge in [-0.3, -0.25) is 14.9 Å². The molecular formula is C22H19ClN2O3. The molecule has 0 bridgehead atoms. The van der Waals surface area contributed by atoms with E-state index in [0.29, 0.717) is 11.1 Å². The van der Waals surface area contributed by atoms with Crippen molar-refractivity contribution in [3.63, 3.8) is 0 Å². The number of rotatable bonds is 7. The summed E-state index contributed by atoms with van der Waals surface area (Å²) in [4.78, 5) is 23.5. The van der Waals surface area contributed by atoms with Gasteiger partial charge in [-0.05, 0) is 30.7 Å². The number of anilines is 1. The fraction of sp³-hybridized carbons (Fsp3) is 0.136. The first-order valence-electron chi connectivity index (χ1n) is 8.79. The lowest BCUT2D eigenvalue weighted by Crippen LogP contribution is -2.16. The van der Waals surface area contributed by atoms with E-state index >= 15 is 0 Å². The number of Topliss-reactive ketones (excluding diaryl/α,β-unsaturated/α-hetero) is 1. The molecule has 0 aliphatic rings. The molecule has 0 saturated carbocycles. The van der Waals surface area contributed by atoms with Gasteiger partial charge in [0.2, 0.25) is 0 Å². The third kappa shape index (κ3) is 4.75. The Kier molecular flexibility index (Phi) is 6.06. The Morgan fingerprint density at radius 3 is 2.39 bits per heavy atom. The fourth-order valence-corrected chi connectivity index (χ4v) is 3.10. The lowest BCUT2D eigenvalue weighted by molar-refractivity contribution is -0.384. The molecule has 3 aromatic carbocycles. The van der Waals surface area contributed by atoms with E-state index in [1.807, 2.05) is 49.4 Å². The number of nitro benzene ring substituents is 1. The van der Waals surface area contributed by atoms with Crippen LogP contribution in [0.15, 0.2) is 72.8 Å². The predicted octanol–water partition coefficient (Wildman–Crippen LogP) is 5.98. The number of hydrogen-bond donors (Lipinski definition) is 1. The number of hydrogen-bond acceptors (Lipinski definition) is 4. The number of nitrogens with zero attached hydrogens (tertiary/aromatic N) is 1. The highest BCUT2D eigenvalue weighted by atomic mass is 35.5. The van der Waals surface area contributed by atoms with Crippen molar-refractivity contribution >= 4 is 28.8 Å². The van der Waals surface area contributed by atoms with Crippen LogP contribution in [0.2, 0.25) is 5.02 Å². The van der Waals surface area contributed by atoms with Crippen LogP contribution in [0.1, 0.15) is 33.9 Å². The number of nitro groups is 1. The zero-order chi connectivity index (χ0) is 20.1. The number of nitrogens with one attached hydrogen (secondary N) is 1. The first kappa shape index (κ1) is 19.6. The SMILES string of the molecule is Cc1ccc(NC(CC(=O)c2ccccc2)c2ccc(Cl)c([N+](=O)[O-])c2)cc1. The van der Waals surface area contributed by atoms with Crippen LogP contribution in [-0.4, -0.2) is 10.7 Å². The van der Waals surface area contributed by atoms with Crippen LogP contribution < -0.4 is 5.32 Å². The van der Waals surface area contributed by atoms with Gasteiger partial charge in [0, 0.05) is 23.7 Å². The molecule has 1 atom stereocenters. The van der Waals surface area contributed by atoms with Gasteiger partial charge in [0.1, 0.15) is 5.02 Å². The smallest absolute Gasteiger partial charge is 0.288 e. The van der Waals surface area contributed by atoms with E-state index in [4.69, 9.17) is 11.6 Å². The average Bonchev–Trinajstić information content (AvgIpc) is 2.70. The van der Waals surface area contributed by atoms with E-state index < -0.39 is 11.0 Å². The molecule has 0 saturated heterocycles. The highest BCUT2D eigenvalue weighted by molar-refractivity contribution is 6.32. The van der Waals surface area contributed by atoms with Gasteiger partial charge in [0.05, 0.1) is 11.0 Å². The van der Waals surface area contributed by atoms with Crippen LogP contribution in [0.4, 0.5) is 11.4 Å². The summed E-state index contributed by atoms with van der Waals surface area (Å²) >= 11 is 5.95. The second-order valence-electron chi connectivity index (χ2n) is 6.52. The van der Waals surface area contributed by atoms with Crippen molar-refractivity contribution in [2.24, 2.45) is 0 Å². The molecule has 28 heavy (non-hydrogen) atoms. The van der Waals surface area contributed by atoms with Gasteiger partial charge in [-0.2, -0.15) is 0 Å². The van der Waals surface area contributed by atoms with Crippen molar-refractivity contribution in [2.75, 3.05) is 5.32 Å². The maximum absolute atomic E-state index is 12.8. The molecule has 1 N–H and O–H groups in total. The molecular weight excluding hydrogens is 376 g/mol. The second-order valence-corrected chi connectivity index (χ2v) is 6.93. The molecule has 142 valence electrons. The molecule has 0 heterocycles. The number of aryl methyl sites for hydroxylation is 1. The summed E-state index contributed by atoms with van der Waals surface area (Å²) < 4.78 is 0. The van der Waals surface area contributed by atoms with Crippen molar-refractivity contribution in [2.45, 2.75) is 19.4 Å². The van der Waals surface area contributed by atoms with Crippen LogP contribution in [0.25, 0.3) is 0 Å². The van der Waals surface area contributed by atoms with Gasteiger partial charge < -0.3 is 5.32 Å². The van der Waals surface area contributed by atoms with E-state index in [0.717, 1.165) is 11.3 Å². The van der Waals surface area contributed by atoms with Crippen LogP contribution in [0, 0.1) is 17.0 Å². The molecule has 6 heteroatoms. The average molecular weight is 395 g/mol. The number of carbonyl (C=O) groups is 1. The van der Waals surface area contributed by atoms with Gasteiger partial charge >= 0.3 is 0 Å². The Hall–Kier alpha value is -3.18. The lowest BCUT2D eigenvalue weighted by Gasteiger charge is -2.20. The monoisotopic (exact) mass is 394 g/mol. The Balaban J connectivity index is 1.94. The minimum atomic E-state index is -0.520. The molecule has 3 rings (SSSR count). The third-order valence-corrected chi connectivity index (χ3v) is 4.77. The maximum atomic E-state index is 12.8. The number of halogens is 1. The Morgan fingerprint density at radius 1 is 1.07 bits per heavy atom. The van der Waals surface area contributed by atoms with Crippen molar-refractivity contribution in [3.05, 3.63) is 105 Å². The van der Waals surface area contributed by atoms with Crippen molar-refractivity contribution in [1.29, 1.82) is 0 Å². The highest BCUT2D eigenvalue weighted by Crippen LogP contribution is 2.31. The summed E-state index contributed by atoms with van der Waals surface area (Å²) in [6, 6.07) is 20.9. The molecule has 0 radical (unpaired) electrons. The quantitative estimate of drug-likeness (QED) is 0.304. The largest absolute Gasteiger partial charge is 0.378 e. The molecule has 0 fully saturated rings. The third-order valence-electron chi connectivity index (χ3n) is 4.45. The first-order valence-corrected chi connectivity index (χ1v) is 9.17. The summed E-state index contributed by atoms with van der Waals surface area (Å²) in [5.41, 5.74) is 2.99. The second kappa shape index (κ2) is 8.67. The van der Waals surface area contributed by atoms with E-state index in [9.17, 15) is 14.9 Å². The van der Waals surface area contributed by atoms with E-state index in [1.165, 1.54) is 12.1 Å². The zero-order valence-corrected chi connectivity index (χ0v) is 16.0. The predicted molar refractivity (Wildman–Crippen MR) is 111 cm³/mol. The van der Waals surface area contributed by atoms with E-state index in [-0.39, 0.29) is 22.9 Å². The molecule has 5 nitrogen and oxygen atoms in total. The van der Waals surface area contributed by atoms with Crippen molar-refractivity contribution in [3.8, 4) is 0 Å². The minimum absolute atomic E-state index is 0.0529. The van der Waals surface area contributed by atoms with Crippen molar-refractivity contribution < 1.29 is 9.72 Å². The van der Waals surface area contributed by atoms with Crippen LogP contribution in [0.3, 0.4) is 0 Å². The summed E-state index contributed by atoms with van der Waals surface area (Å²) in [5, 5.41) is 14.7. The number of ketones is 1. The number of benzene rings is 3. The van der Waals surface area contributed by atoms with E-state index in [2.05, 4.69) is 5.32 Å². The maximum Gasteiger partial charge on any atom is 0.288 e. The van der Waals surface area contributed by atoms with Crippen molar-refractivity contribution in [1.82, 2.24) is 0 Å². The van der Waals surface area contributed by atoms with Crippen LogP contribution in [0.5, 0.6) is 0 Å². The molecule has 0 aromatic heterocycles. The minimum Gasteiger partial charge on any atom is -0.378 e. The normalized spacial score (nSPS) is 11.6. The van der Waals surface area contributed by atoms with Crippen LogP contribution >= 0.6 is 11.6 Å². The summed E-state index contributed by atoms with van der Waals surface area (Å²) in [7, 11) is 0. The number of carbonyl (C=O) groups excluding carboxylic acids is 1. The highest BCUT2D eigenvalue weighted by Gasteiger charge is 2.21. The molecule has 0 aliphatic carbocycles. The molecule has 1 unspecified atom stereocenters. The van der Waals surface area contributed by atoms with Gasteiger partial charge in [0.25, 0.3) is 5.69 Å². The summed E-state index contributed by atoms with van der Waals surface area (Å²) in [6.07, 6.45) is 0.149. The van der Waals surface area contributed by atoms with Gasteiger partial charge in [-0.25, -0.2) is 0 Å². The zero-order valence-electron chi connectivity index (χ0n) is 15.3. The topological polar surface area (TPSA) is 72.2 Å². The Labute approximate surface area is 168 Å².